The summed E-state index contributed by atoms with van der Waals surface area (Å²) in [6.07, 6.45) is 0. The van der Waals surface area contributed by atoms with Crippen molar-refractivity contribution in [2.24, 2.45) is 0 Å². The number of para-hydroxylation sites is 1. The van der Waals surface area contributed by atoms with Gasteiger partial charge in [0.15, 0.2) is 0 Å². The fraction of sp³-hybridized carbons (Fsp3) is 0.308. The molecule has 0 bridgehead atoms. The molecule has 6 heteroatoms. The van der Waals surface area contributed by atoms with Crippen LogP contribution in [-0.2, 0) is 6.54 Å². The number of hydrogen-bond acceptors (Lipinski definition) is 3. The lowest BCUT2D eigenvalue weighted by Gasteiger charge is -2.13. The summed E-state index contributed by atoms with van der Waals surface area (Å²) in [5, 5.41) is 11.7. The molecular weight excluding hydrogens is 254 g/mol. The quantitative estimate of drug-likeness (QED) is 0.764. The lowest BCUT2D eigenvalue weighted by atomic mass is 10.1. The Labute approximate surface area is 108 Å². The van der Waals surface area contributed by atoms with E-state index < -0.39 is 19.1 Å². The van der Waals surface area contributed by atoms with Crippen LogP contribution in [0.4, 0.5) is 8.78 Å². The molecule has 0 radical (unpaired) electrons. The van der Waals surface area contributed by atoms with E-state index in [9.17, 15) is 13.6 Å². The zero-order chi connectivity index (χ0) is 13.9. The van der Waals surface area contributed by atoms with E-state index in [1.807, 2.05) is 12.1 Å². The van der Waals surface area contributed by atoms with Crippen LogP contribution < -0.4 is 10.9 Å². The van der Waals surface area contributed by atoms with Crippen molar-refractivity contribution in [1.29, 1.82) is 0 Å². The number of H-pyrrole nitrogens is 1. The first-order valence-electron chi connectivity index (χ1n) is 5.82. The molecule has 0 aliphatic carbocycles. The van der Waals surface area contributed by atoms with Crippen molar-refractivity contribution >= 4 is 10.9 Å². The summed E-state index contributed by atoms with van der Waals surface area (Å²) in [5.41, 5.74) is 0.780. The molecule has 0 spiro atoms. The molecule has 1 aromatic heterocycles. The van der Waals surface area contributed by atoms with Gasteiger partial charge in [0.25, 0.3) is 11.5 Å². The van der Waals surface area contributed by atoms with Gasteiger partial charge in [0, 0.05) is 17.6 Å². The van der Waals surface area contributed by atoms with Gasteiger partial charge in [0.1, 0.15) is 6.61 Å². The van der Waals surface area contributed by atoms with Gasteiger partial charge >= 0.3 is 0 Å². The average molecular weight is 268 g/mol. The molecule has 2 aromatic rings. The molecule has 3 N–H and O–H groups in total. The highest BCUT2D eigenvalue weighted by atomic mass is 19.3. The first-order chi connectivity index (χ1) is 9.02. The Kier molecular flexibility index (Phi) is 3.92. The van der Waals surface area contributed by atoms with Gasteiger partial charge in [-0.2, -0.15) is 0 Å². The molecule has 0 saturated heterocycles. The minimum atomic E-state index is -3.18. The Bertz CT molecular complexity index is 625. The van der Waals surface area contributed by atoms with Gasteiger partial charge in [-0.1, -0.05) is 18.2 Å². The summed E-state index contributed by atoms with van der Waals surface area (Å²) in [6, 6.07) is 8.90. The second-order valence-electron chi connectivity index (χ2n) is 4.33. The SMILES string of the molecule is O=c1[nH]c2ccccc2cc1CNCC(F)(F)CO. The van der Waals surface area contributed by atoms with Gasteiger partial charge in [-0.05, 0) is 17.5 Å². The van der Waals surface area contributed by atoms with Crippen LogP contribution >= 0.6 is 0 Å². The highest BCUT2D eigenvalue weighted by Gasteiger charge is 2.26. The number of benzene rings is 1. The lowest BCUT2D eigenvalue weighted by molar-refractivity contribution is -0.0477. The van der Waals surface area contributed by atoms with E-state index in [1.165, 1.54) is 0 Å². The van der Waals surface area contributed by atoms with Crippen LogP contribution in [0.5, 0.6) is 0 Å². The first kappa shape index (κ1) is 13.6. The molecule has 0 atom stereocenters. The normalized spacial score (nSPS) is 11.9. The number of aromatic nitrogens is 1. The second-order valence-corrected chi connectivity index (χ2v) is 4.33. The van der Waals surface area contributed by atoms with Gasteiger partial charge < -0.3 is 15.4 Å². The summed E-state index contributed by atoms with van der Waals surface area (Å²) < 4.78 is 25.6. The minimum Gasteiger partial charge on any atom is -0.390 e. The Morgan fingerprint density at radius 2 is 2.05 bits per heavy atom. The monoisotopic (exact) mass is 268 g/mol. The second kappa shape index (κ2) is 5.46. The third-order valence-corrected chi connectivity index (χ3v) is 2.76. The fourth-order valence-corrected chi connectivity index (χ4v) is 1.76. The summed E-state index contributed by atoms with van der Waals surface area (Å²) in [4.78, 5) is 14.4. The molecule has 19 heavy (non-hydrogen) atoms. The molecule has 2 rings (SSSR count). The molecule has 0 saturated carbocycles. The van der Waals surface area contributed by atoms with Gasteiger partial charge in [0.2, 0.25) is 0 Å². The summed E-state index contributed by atoms with van der Waals surface area (Å²) in [6.45, 7) is -1.86. The molecule has 0 aliphatic heterocycles. The molecule has 0 amide bonds. The van der Waals surface area contributed by atoms with Gasteiger partial charge in [-0.25, -0.2) is 8.78 Å². The molecule has 102 valence electrons. The number of pyridine rings is 1. The van der Waals surface area contributed by atoms with Crippen molar-refractivity contribution in [2.75, 3.05) is 13.2 Å². The van der Waals surface area contributed by atoms with Crippen LogP contribution in [0.25, 0.3) is 10.9 Å². The van der Waals surface area contributed by atoms with Crippen molar-refractivity contribution in [2.45, 2.75) is 12.5 Å². The number of aromatic amines is 1. The topological polar surface area (TPSA) is 65.1 Å². The third kappa shape index (κ3) is 3.36. The van der Waals surface area contributed by atoms with E-state index in [2.05, 4.69) is 10.3 Å². The van der Waals surface area contributed by atoms with Gasteiger partial charge in [0.05, 0.1) is 6.54 Å². The van der Waals surface area contributed by atoms with Crippen molar-refractivity contribution < 1.29 is 13.9 Å². The standard InChI is InChI=1S/C13H14F2N2O2/c14-13(15,8-18)7-16-6-10-5-9-3-1-2-4-11(9)17-12(10)19/h1-5,16,18H,6-8H2,(H,17,19). The number of fused-ring (bicyclic) bond motifs is 1. The van der Waals surface area contributed by atoms with Crippen molar-refractivity contribution in [1.82, 2.24) is 10.3 Å². The summed E-state index contributed by atoms with van der Waals surface area (Å²) >= 11 is 0. The maximum Gasteiger partial charge on any atom is 0.282 e. The predicted octanol–water partition coefficient (Wildman–Crippen LogP) is 1.25. The molecule has 4 nitrogen and oxygen atoms in total. The number of rotatable bonds is 5. The molecule has 0 unspecified atom stereocenters. The van der Waals surface area contributed by atoms with E-state index in [1.54, 1.807) is 18.2 Å². The lowest BCUT2D eigenvalue weighted by Crippen LogP contribution is -2.36. The maximum atomic E-state index is 12.8. The van der Waals surface area contributed by atoms with Crippen molar-refractivity contribution in [3.05, 3.63) is 46.2 Å². The van der Waals surface area contributed by atoms with E-state index in [4.69, 9.17) is 5.11 Å². The third-order valence-electron chi connectivity index (χ3n) is 2.76. The maximum absolute atomic E-state index is 12.8. The van der Waals surface area contributed by atoms with Crippen LogP contribution in [0.3, 0.4) is 0 Å². The molecule has 0 fully saturated rings. The minimum absolute atomic E-state index is 0.0236. The zero-order valence-corrected chi connectivity index (χ0v) is 10.1. The largest absolute Gasteiger partial charge is 0.390 e. The number of hydrogen-bond donors (Lipinski definition) is 3. The zero-order valence-electron chi connectivity index (χ0n) is 10.1. The van der Waals surface area contributed by atoms with Crippen molar-refractivity contribution in [3.63, 3.8) is 0 Å². The number of aliphatic hydroxyl groups excluding tert-OH is 1. The van der Waals surface area contributed by atoms with Crippen LogP contribution in [0, 0.1) is 0 Å². The highest BCUT2D eigenvalue weighted by Crippen LogP contribution is 2.12. The number of aliphatic hydroxyl groups is 1. The Morgan fingerprint density at radius 3 is 2.79 bits per heavy atom. The van der Waals surface area contributed by atoms with Gasteiger partial charge in [-0.3, -0.25) is 4.79 Å². The number of nitrogens with one attached hydrogen (secondary N) is 2. The van der Waals surface area contributed by atoms with E-state index in [0.29, 0.717) is 11.1 Å². The Morgan fingerprint density at radius 1 is 1.32 bits per heavy atom. The highest BCUT2D eigenvalue weighted by molar-refractivity contribution is 5.78. The van der Waals surface area contributed by atoms with Crippen molar-refractivity contribution in [3.8, 4) is 0 Å². The molecular formula is C13H14F2N2O2. The van der Waals surface area contributed by atoms with E-state index in [-0.39, 0.29) is 12.1 Å². The molecule has 0 aliphatic rings. The van der Waals surface area contributed by atoms with Crippen LogP contribution in [0.2, 0.25) is 0 Å². The predicted molar refractivity (Wildman–Crippen MR) is 68.3 cm³/mol. The summed E-state index contributed by atoms with van der Waals surface area (Å²) in [5.74, 6) is -3.18. The van der Waals surface area contributed by atoms with Gasteiger partial charge in [-0.15, -0.1) is 0 Å². The van der Waals surface area contributed by atoms with Crippen LogP contribution in [-0.4, -0.2) is 29.2 Å². The van der Waals surface area contributed by atoms with Crippen LogP contribution in [0.1, 0.15) is 5.56 Å². The number of alkyl halides is 2. The van der Waals surface area contributed by atoms with E-state index >= 15 is 0 Å². The summed E-state index contributed by atoms with van der Waals surface area (Å²) in [7, 11) is 0. The Balaban J connectivity index is 2.13. The molecule has 1 heterocycles. The molecule has 1 aromatic carbocycles. The Hall–Kier alpha value is -1.79. The number of halogens is 2. The van der Waals surface area contributed by atoms with Crippen LogP contribution in [0.15, 0.2) is 35.1 Å². The fourth-order valence-electron chi connectivity index (χ4n) is 1.76. The average Bonchev–Trinajstić information content (AvgIpc) is 2.39. The first-order valence-corrected chi connectivity index (χ1v) is 5.82. The van der Waals surface area contributed by atoms with E-state index in [0.717, 1.165) is 5.39 Å². The smallest absolute Gasteiger partial charge is 0.282 e.